The van der Waals surface area contributed by atoms with E-state index in [1.807, 2.05) is 0 Å². The monoisotopic (exact) mass is 550 g/mol. The fourth-order valence-corrected chi connectivity index (χ4v) is 4.07. The van der Waals surface area contributed by atoms with Crippen molar-refractivity contribution in [3.05, 3.63) is 102 Å². The third-order valence-electron chi connectivity index (χ3n) is 5.88. The smallest absolute Gasteiger partial charge is 0.417 e. The normalized spacial score (nSPS) is 11.3. The lowest BCUT2D eigenvalue weighted by molar-refractivity contribution is -0.137. The quantitative estimate of drug-likeness (QED) is 0.235. The van der Waals surface area contributed by atoms with Crippen LogP contribution >= 0.6 is 0 Å². The minimum absolute atomic E-state index is 0.135. The number of anilines is 1. The van der Waals surface area contributed by atoms with E-state index in [1.54, 1.807) is 36.4 Å². The van der Waals surface area contributed by atoms with E-state index in [0.717, 1.165) is 18.2 Å². The molecule has 0 radical (unpaired) electrons. The Hall–Kier alpha value is -5.26. The number of fused-ring (bicyclic) bond motifs is 1. The summed E-state index contributed by atoms with van der Waals surface area (Å²) in [5.41, 5.74) is -1.37. The Kier molecular flexibility index (Phi) is 6.91. The zero-order valence-corrected chi connectivity index (χ0v) is 20.5. The van der Waals surface area contributed by atoms with Crippen molar-refractivity contribution in [1.29, 1.82) is 0 Å². The van der Waals surface area contributed by atoms with Crippen LogP contribution in [0.3, 0.4) is 0 Å². The Balaban J connectivity index is 1.46. The maximum absolute atomic E-state index is 13.8. The van der Waals surface area contributed by atoms with Crippen LogP contribution in [0.2, 0.25) is 0 Å². The van der Waals surface area contributed by atoms with Crippen molar-refractivity contribution >= 4 is 28.3 Å². The fraction of sp³-hybridized carbons (Fsp3) is 0.0714. The maximum Gasteiger partial charge on any atom is 0.417 e. The number of amides is 2. The summed E-state index contributed by atoms with van der Waals surface area (Å²) < 4.78 is 65.3. The molecule has 12 heteroatoms. The number of ether oxygens (including phenoxy) is 1. The molecule has 2 amide bonds. The number of halogens is 4. The van der Waals surface area contributed by atoms with Crippen LogP contribution in [0.25, 0.3) is 22.1 Å². The minimum atomic E-state index is -4.82. The number of hydrogen-bond donors (Lipinski definition) is 2. The molecule has 0 unspecified atom stereocenters. The van der Waals surface area contributed by atoms with Gasteiger partial charge in [-0.2, -0.15) is 17.6 Å². The lowest BCUT2D eigenvalue weighted by atomic mass is 10.0. The number of hydrogen-bond acceptors (Lipinski definition) is 6. The molecule has 3 aromatic carbocycles. The first-order valence-corrected chi connectivity index (χ1v) is 11.7. The first kappa shape index (κ1) is 26.4. The van der Waals surface area contributed by atoms with Crippen molar-refractivity contribution in [2.75, 3.05) is 12.4 Å². The molecule has 5 aromatic rings. The van der Waals surface area contributed by atoms with Crippen LogP contribution in [0.5, 0.6) is 11.5 Å². The molecule has 0 aliphatic carbocycles. The van der Waals surface area contributed by atoms with Crippen LogP contribution < -0.4 is 15.4 Å². The predicted octanol–water partition coefficient (Wildman–Crippen LogP) is 6.45. The van der Waals surface area contributed by atoms with Crippen molar-refractivity contribution in [2.45, 2.75) is 6.18 Å². The molecule has 0 fully saturated rings. The number of alkyl halides is 3. The highest BCUT2D eigenvalue weighted by Gasteiger charge is 2.35. The fourth-order valence-electron chi connectivity index (χ4n) is 4.07. The molecule has 2 N–H and O–H groups in total. The second-order valence-corrected chi connectivity index (χ2v) is 8.44. The standard InChI is InChI=1S/C28H18F4N4O4/c1-33-27(38)22-13-16(10-11-34-22)39-23-7-3-4-17-18(23)5-2-6-19(17)26(37)35-15-8-9-20(21(12-15)28(30,31)32)24-14-25(29)36-40-24/h2-14H,1H3,(H,33,38)(H,35,37). The summed E-state index contributed by atoms with van der Waals surface area (Å²) in [5, 5.41) is 8.99. The summed E-state index contributed by atoms with van der Waals surface area (Å²) in [7, 11) is 1.48. The number of nitrogens with one attached hydrogen (secondary N) is 2. The predicted molar refractivity (Wildman–Crippen MR) is 137 cm³/mol. The Labute approximate surface area is 223 Å². The Morgan fingerprint density at radius 2 is 1.70 bits per heavy atom. The van der Waals surface area contributed by atoms with Crippen molar-refractivity contribution in [2.24, 2.45) is 0 Å². The molecule has 0 spiro atoms. The number of nitrogens with zero attached hydrogens (tertiary/aromatic N) is 2. The van der Waals surface area contributed by atoms with Gasteiger partial charge in [-0.25, -0.2) is 0 Å². The van der Waals surface area contributed by atoms with Gasteiger partial charge in [0.1, 0.15) is 17.2 Å². The summed E-state index contributed by atoms with van der Waals surface area (Å²) >= 11 is 0. The highest BCUT2D eigenvalue weighted by Crippen LogP contribution is 2.39. The van der Waals surface area contributed by atoms with E-state index < -0.39 is 40.8 Å². The van der Waals surface area contributed by atoms with Crippen molar-refractivity contribution in [3.63, 3.8) is 0 Å². The average Bonchev–Trinajstić information content (AvgIpc) is 3.38. The van der Waals surface area contributed by atoms with Crippen LogP contribution in [0, 0.1) is 5.95 Å². The molecule has 0 aliphatic heterocycles. The molecule has 8 nitrogen and oxygen atoms in total. The Morgan fingerprint density at radius 1 is 0.925 bits per heavy atom. The van der Waals surface area contributed by atoms with E-state index in [9.17, 15) is 27.2 Å². The molecule has 0 bridgehead atoms. The van der Waals surface area contributed by atoms with Crippen LogP contribution in [0.4, 0.5) is 23.2 Å². The number of carbonyl (C=O) groups is 2. The van der Waals surface area contributed by atoms with Gasteiger partial charge < -0.3 is 19.9 Å². The number of carbonyl (C=O) groups excluding carboxylic acids is 2. The average molecular weight is 550 g/mol. The lowest BCUT2D eigenvalue weighted by Gasteiger charge is -2.15. The number of rotatable bonds is 6. The topological polar surface area (TPSA) is 106 Å². The highest BCUT2D eigenvalue weighted by molar-refractivity contribution is 6.13. The zero-order valence-electron chi connectivity index (χ0n) is 20.5. The van der Waals surface area contributed by atoms with E-state index in [0.29, 0.717) is 22.3 Å². The maximum atomic E-state index is 13.8. The molecule has 40 heavy (non-hydrogen) atoms. The minimum Gasteiger partial charge on any atom is -0.457 e. The molecule has 0 saturated heterocycles. The largest absolute Gasteiger partial charge is 0.457 e. The van der Waals surface area contributed by atoms with Gasteiger partial charge in [0.05, 0.1) is 5.56 Å². The van der Waals surface area contributed by atoms with Gasteiger partial charge in [-0.3, -0.25) is 14.6 Å². The van der Waals surface area contributed by atoms with Crippen LogP contribution in [0.15, 0.2) is 83.5 Å². The van der Waals surface area contributed by atoms with Crippen LogP contribution in [0.1, 0.15) is 26.4 Å². The number of benzene rings is 3. The molecule has 2 aromatic heterocycles. The van der Waals surface area contributed by atoms with Gasteiger partial charge in [-0.15, -0.1) is 0 Å². The number of aromatic nitrogens is 2. The second-order valence-electron chi connectivity index (χ2n) is 8.44. The molecular formula is C28H18F4N4O4. The van der Waals surface area contributed by atoms with E-state index in [2.05, 4.69) is 25.3 Å². The summed E-state index contributed by atoms with van der Waals surface area (Å²) in [5.74, 6) is -1.81. The molecule has 0 aliphatic rings. The van der Waals surface area contributed by atoms with Gasteiger partial charge in [0.15, 0.2) is 5.76 Å². The number of pyridine rings is 1. The molecular weight excluding hydrogens is 532 g/mol. The van der Waals surface area contributed by atoms with Crippen molar-refractivity contribution in [1.82, 2.24) is 15.5 Å². The zero-order chi connectivity index (χ0) is 28.4. The molecule has 5 rings (SSSR count). The summed E-state index contributed by atoms with van der Waals surface area (Å²) in [6.07, 6.45) is -3.40. The SMILES string of the molecule is CNC(=O)c1cc(Oc2cccc3c(C(=O)Nc4ccc(-c5cc(F)no5)c(C(F)(F)F)c4)cccc23)ccn1. The van der Waals surface area contributed by atoms with E-state index in [1.165, 1.54) is 31.4 Å². The summed E-state index contributed by atoms with van der Waals surface area (Å²) in [6.45, 7) is 0. The van der Waals surface area contributed by atoms with E-state index in [4.69, 9.17) is 4.74 Å². The van der Waals surface area contributed by atoms with Crippen LogP contribution in [-0.2, 0) is 6.18 Å². The van der Waals surface area contributed by atoms with Crippen LogP contribution in [-0.4, -0.2) is 29.0 Å². The van der Waals surface area contributed by atoms with Gasteiger partial charge in [0.2, 0.25) is 0 Å². The molecule has 202 valence electrons. The van der Waals surface area contributed by atoms with Gasteiger partial charge >= 0.3 is 6.18 Å². The molecule has 0 saturated carbocycles. The second kappa shape index (κ2) is 10.5. The first-order chi connectivity index (χ1) is 19.1. The van der Waals surface area contributed by atoms with Gasteiger partial charge in [-0.05, 0) is 46.9 Å². The Morgan fingerprint density at radius 3 is 2.42 bits per heavy atom. The summed E-state index contributed by atoms with van der Waals surface area (Å²) in [4.78, 5) is 29.1. The van der Waals surface area contributed by atoms with Crippen molar-refractivity contribution in [3.8, 4) is 22.8 Å². The van der Waals surface area contributed by atoms with Gasteiger partial charge in [0, 0.05) is 47.6 Å². The molecule has 0 atom stereocenters. The highest BCUT2D eigenvalue weighted by atomic mass is 19.4. The van der Waals surface area contributed by atoms with E-state index >= 15 is 0 Å². The van der Waals surface area contributed by atoms with E-state index in [-0.39, 0.29) is 16.9 Å². The first-order valence-electron chi connectivity index (χ1n) is 11.7. The van der Waals surface area contributed by atoms with Gasteiger partial charge in [0.25, 0.3) is 17.8 Å². The van der Waals surface area contributed by atoms with Gasteiger partial charge in [-0.1, -0.05) is 24.3 Å². The third-order valence-corrected chi connectivity index (χ3v) is 5.88. The summed E-state index contributed by atoms with van der Waals surface area (Å²) in [6, 6.07) is 16.7. The third kappa shape index (κ3) is 5.32. The Bertz CT molecular complexity index is 1750. The molecule has 2 heterocycles. The van der Waals surface area contributed by atoms with Crippen molar-refractivity contribution < 1.29 is 36.4 Å². The lowest BCUT2D eigenvalue weighted by Crippen LogP contribution is -2.18.